The van der Waals surface area contributed by atoms with E-state index in [4.69, 9.17) is 9.47 Å². The van der Waals surface area contributed by atoms with Crippen LogP contribution in [-0.4, -0.2) is 38.5 Å². The Hall–Kier alpha value is -3.61. The lowest BCUT2D eigenvalue weighted by molar-refractivity contribution is 0.0587. The van der Waals surface area contributed by atoms with Gasteiger partial charge in [0.05, 0.1) is 37.6 Å². The molecule has 0 radical (unpaired) electrons. The largest absolute Gasteiger partial charge is 0.494 e. The third kappa shape index (κ3) is 5.20. The molecule has 0 saturated carbocycles. The van der Waals surface area contributed by atoms with Crippen molar-refractivity contribution in [1.29, 1.82) is 0 Å². The number of ether oxygens (including phenoxy) is 3. The van der Waals surface area contributed by atoms with Crippen molar-refractivity contribution in [3.05, 3.63) is 71.4 Å². The predicted octanol–water partition coefficient (Wildman–Crippen LogP) is 3.47. The summed E-state index contributed by atoms with van der Waals surface area (Å²) in [5.74, 6) is -0.679. The first-order valence-corrected chi connectivity index (χ1v) is 8.51. The average molecular weight is 383 g/mol. The van der Waals surface area contributed by atoms with Gasteiger partial charge in [0.2, 0.25) is 0 Å². The Morgan fingerprint density at radius 3 is 2.18 bits per heavy atom. The second-order valence-corrected chi connectivity index (χ2v) is 5.54. The highest BCUT2D eigenvalue weighted by molar-refractivity contribution is 6.05. The van der Waals surface area contributed by atoms with Gasteiger partial charge in [0.1, 0.15) is 5.75 Å². The lowest BCUT2D eigenvalue weighted by atomic mass is 10.1. The number of rotatable bonds is 8. The van der Waals surface area contributed by atoms with E-state index in [1.807, 2.05) is 6.92 Å². The van der Waals surface area contributed by atoms with Crippen LogP contribution in [0, 0.1) is 0 Å². The van der Waals surface area contributed by atoms with Gasteiger partial charge >= 0.3 is 11.9 Å². The Kier molecular flexibility index (Phi) is 7.33. The normalized spacial score (nSPS) is 10.4. The highest BCUT2D eigenvalue weighted by Gasteiger charge is 2.15. The van der Waals surface area contributed by atoms with Crippen LogP contribution in [0.5, 0.6) is 5.75 Å². The van der Waals surface area contributed by atoms with E-state index in [2.05, 4.69) is 10.1 Å². The zero-order valence-electron chi connectivity index (χ0n) is 15.9. The molecular weight excluding hydrogens is 362 g/mol. The summed E-state index contributed by atoms with van der Waals surface area (Å²) in [6, 6.07) is 11.1. The van der Waals surface area contributed by atoms with Crippen molar-refractivity contribution in [1.82, 2.24) is 0 Å². The number of nitrogens with one attached hydrogen (secondary N) is 1. The summed E-state index contributed by atoms with van der Waals surface area (Å²) in [7, 11) is 2.52. The van der Waals surface area contributed by atoms with Crippen molar-refractivity contribution >= 4 is 23.4 Å². The van der Waals surface area contributed by atoms with Crippen molar-refractivity contribution in [2.24, 2.45) is 0 Å². The molecule has 0 bridgehead atoms. The first-order valence-electron chi connectivity index (χ1n) is 8.51. The van der Waals surface area contributed by atoms with Crippen LogP contribution in [0.1, 0.15) is 38.0 Å². The maximum absolute atomic E-state index is 12.3. The van der Waals surface area contributed by atoms with Crippen LogP contribution in [0.4, 0.5) is 5.69 Å². The first-order chi connectivity index (χ1) is 13.5. The molecule has 0 aliphatic rings. The van der Waals surface area contributed by atoms with Gasteiger partial charge in [-0.3, -0.25) is 4.79 Å². The molecule has 1 N–H and O–H groups in total. The molecule has 2 rings (SSSR count). The van der Waals surface area contributed by atoms with Crippen LogP contribution in [0.2, 0.25) is 0 Å². The van der Waals surface area contributed by atoms with E-state index in [9.17, 15) is 14.4 Å². The van der Waals surface area contributed by atoms with Gasteiger partial charge in [-0.15, -0.1) is 0 Å². The van der Waals surface area contributed by atoms with E-state index < -0.39 is 11.9 Å². The van der Waals surface area contributed by atoms with Crippen molar-refractivity contribution in [3.8, 4) is 5.75 Å². The molecule has 0 aliphatic carbocycles. The van der Waals surface area contributed by atoms with Crippen LogP contribution in [-0.2, 0) is 9.47 Å². The van der Waals surface area contributed by atoms with E-state index in [-0.39, 0.29) is 16.9 Å². The van der Waals surface area contributed by atoms with E-state index >= 15 is 0 Å². The molecule has 0 aliphatic heterocycles. The maximum Gasteiger partial charge on any atom is 0.339 e. The van der Waals surface area contributed by atoms with Crippen LogP contribution in [0.3, 0.4) is 0 Å². The molecule has 146 valence electrons. The van der Waals surface area contributed by atoms with Crippen molar-refractivity contribution in [3.63, 3.8) is 0 Å². The van der Waals surface area contributed by atoms with E-state index in [0.717, 1.165) is 0 Å². The third-order valence-corrected chi connectivity index (χ3v) is 3.77. The minimum absolute atomic E-state index is 0.216. The molecule has 7 nitrogen and oxygen atoms in total. The second-order valence-electron chi connectivity index (χ2n) is 5.54. The fourth-order valence-corrected chi connectivity index (χ4v) is 2.38. The molecule has 7 heteroatoms. The highest BCUT2D eigenvalue weighted by atomic mass is 16.5. The maximum atomic E-state index is 12.3. The molecule has 0 atom stereocenters. The summed E-state index contributed by atoms with van der Waals surface area (Å²) >= 11 is 0. The molecule has 0 unspecified atom stereocenters. The van der Waals surface area contributed by atoms with E-state index in [1.165, 1.54) is 44.7 Å². The molecule has 0 amide bonds. The van der Waals surface area contributed by atoms with Gasteiger partial charge in [0.15, 0.2) is 5.78 Å². The number of allylic oxidation sites excluding steroid dienone is 1. The van der Waals surface area contributed by atoms with Gasteiger partial charge in [-0.05, 0) is 49.4 Å². The molecule has 28 heavy (non-hydrogen) atoms. The summed E-state index contributed by atoms with van der Waals surface area (Å²) in [6.45, 7) is 2.43. The molecule has 0 spiro atoms. The first kappa shape index (κ1) is 20.7. The Morgan fingerprint density at radius 1 is 0.929 bits per heavy atom. The van der Waals surface area contributed by atoms with Crippen LogP contribution in [0.15, 0.2) is 54.7 Å². The monoisotopic (exact) mass is 383 g/mol. The number of hydrogen-bond donors (Lipinski definition) is 1. The van der Waals surface area contributed by atoms with Gasteiger partial charge in [-0.1, -0.05) is 0 Å². The molecule has 0 saturated heterocycles. The van der Waals surface area contributed by atoms with Crippen LogP contribution in [0.25, 0.3) is 0 Å². The lowest BCUT2D eigenvalue weighted by Crippen LogP contribution is -2.08. The second kappa shape index (κ2) is 9.91. The van der Waals surface area contributed by atoms with Gasteiger partial charge in [0.25, 0.3) is 0 Å². The van der Waals surface area contributed by atoms with E-state index in [1.54, 1.807) is 24.3 Å². The fraction of sp³-hybridized carbons (Fsp3) is 0.190. The van der Waals surface area contributed by atoms with Gasteiger partial charge < -0.3 is 19.5 Å². The zero-order chi connectivity index (χ0) is 20.5. The molecular formula is C21H21NO6. The third-order valence-electron chi connectivity index (χ3n) is 3.77. The van der Waals surface area contributed by atoms with Gasteiger partial charge in [0, 0.05) is 17.8 Å². The molecule has 2 aromatic rings. The summed E-state index contributed by atoms with van der Waals surface area (Å²) in [5, 5.41) is 2.85. The topological polar surface area (TPSA) is 90.9 Å². The van der Waals surface area contributed by atoms with Crippen molar-refractivity contribution in [2.75, 3.05) is 26.1 Å². The number of ketones is 1. The molecule has 0 fully saturated rings. The minimum Gasteiger partial charge on any atom is -0.494 e. The predicted molar refractivity (Wildman–Crippen MR) is 104 cm³/mol. The quantitative estimate of drug-likeness (QED) is 0.424. The summed E-state index contributed by atoms with van der Waals surface area (Å²) in [5.41, 5.74) is 1.26. The Bertz CT molecular complexity index is 886. The van der Waals surface area contributed by atoms with Gasteiger partial charge in [-0.2, -0.15) is 0 Å². The number of hydrogen-bond acceptors (Lipinski definition) is 7. The minimum atomic E-state index is -0.579. The molecule has 0 aromatic heterocycles. The van der Waals surface area contributed by atoms with Crippen molar-refractivity contribution < 1.29 is 28.6 Å². The number of benzene rings is 2. The lowest BCUT2D eigenvalue weighted by Gasteiger charge is -2.09. The SMILES string of the molecule is CCOc1ccc(C(=O)C=CNc2cc(C(=O)OC)ccc2C(=O)OC)cc1. The smallest absolute Gasteiger partial charge is 0.339 e. The molecule has 0 heterocycles. The Balaban J connectivity index is 2.17. The van der Waals surface area contributed by atoms with Crippen LogP contribution < -0.4 is 10.1 Å². The summed E-state index contributed by atoms with van der Waals surface area (Å²) in [6.07, 6.45) is 2.71. The number of carbonyl (C=O) groups excluding carboxylic acids is 3. The van der Waals surface area contributed by atoms with E-state index in [0.29, 0.717) is 23.6 Å². The standard InChI is InChI=1S/C21H21NO6/c1-4-28-16-8-5-14(6-9-16)19(23)11-12-22-18-13-15(20(24)26-2)7-10-17(18)21(25)27-3/h5-13,22H,4H2,1-3H3. The number of anilines is 1. The summed E-state index contributed by atoms with van der Waals surface area (Å²) < 4.78 is 14.8. The average Bonchev–Trinajstić information content (AvgIpc) is 2.73. The Labute approximate surface area is 162 Å². The Morgan fingerprint density at radius 2 is 1.57 bits per heavy atom. The number of carbonyl (C=O) groups is 3. The fourth-order valence-electron chi connectivity index (χ4n) is 2.38. The zero-order valence-corrected chi connectivity index (χ0v) is 15.9. The molecule has 2 aromatic carbocycles. The number of esters is 2. The summed E-state index contributed by atoms with van der Waals surface area (Å²) in [4.78, 5) is 35.9. The van der Waals surface area contributed by atoms with Crippen LogP contribution >= 0.6 is 0 Å². The highest BCUT2D eigenvalue weighted by Crippen LogP contribution is 2.20. The van der Waals surface area contributed by atoms with Crippen molar-refractivity contribution in [2.45, 2.75) is 6.92 Å². The van der Waals surface area contributed by atoms with Gasteiger partial charge in [-0.25, -0.2) is 9.59 Å². The number of methoxy groups -OCH3 is 2.